The molecule has 0 saturated carbocycles. The van der Waals surface area contributed by atoms with Gasteiger partial charge >= 0.3 is 0 Å². The van der Waals surface area contributed by atoms with Crippen LogP contribution in [0.2, 0.25) is 0 Å². The molecular weight excluding hydrogens is 408 g/mol. The smallest absolute Gasteiger partial charge is 0.240 e. The highest BCUT2D eigenvalue weighted by Gasteiger charge is 2.16. The number of pyridine rings is 1. The summed E-state index contributed by atoms with van der Waals surface area (Å²) in [6.07, 6.45) is 1.70. The number of aryl methyl sites for hydroxylation is 3. The summed E-state index contributed by atoms with van der Waals surface area (Å²) in [5, 5.41) is 3.18. The van der Waals surface area contributed by atoms with E-state index in [0.717, 1.165) is 27.4 Å². The number of hydrogen-bond donors (Lipinski definition) is 2. The van der Waals surface area contributed by atoms with Gasteiger partial charge in [-0.15, -0.1) is 0 Å². The molecule has 0 fully saturated rings. The number of amides is 1. The third-order valence-electron chi connectivity index (χ3n) is 4.37. The van der Waals surface area contributed by atoms with Crippen LogP contribution in [0.25, 0.3) is 10.6 Å². The van der Waals surface area contributed by atoms with Crippen LogP contribution in [0.4, 0.5) is 5.13 Å². The summed E-state index contributed by atoms with van der Waals surface area (Å²) in [5.74, 6) is -0.311. The number of aromatic nitrogens is 2. The van der Waals surface area contributed by atoms with Crippen LogP contribution in [0.15, 0.2) is 47.5 Å². The Morgan fingerprint density at radius 3 is 2.59 bits per heavy atom. The van der Waals surface area contributed by atoms with E-state index in [2.05, 4.69) is 20.0 Å². The van der Waals surface area contributed by atoms with Crippen molar-refractivity contribution in [3.8, 4) is 10.6 Å². The fourth-order valence-electron chi connectivity index (χ4n) is 2.63. The zero-order chi connectivity index (χ0) is 21.0. The molecule has 0 unspecified atom stereocenters. The van der Waals surface area contributed by atoms with Crippen molar-refractivity contribution in [1.82, 2.24) is 14.7 Å². The van der Waals surface area contributed by atoms with Gasteiger partial charge in [-0.1, -0.05) is 23.5 Å². The number of benzene rings is 1. The molecule has 0 radical (unpaired) electrons. The van der Waals surface area contributed by atoms with Gasteiger partial charge in [0.1, 0.15) is 0 Å². The minimum absolute atomic E-state index is 0.00144. The van der Waals surface area contributed by atoms with Crippen molar-refractivity contribution < 1.29 is 13.2 Å². The molecular formula is C20H22N4O3S2. The molecule has 3 aromatic rings. The highest BCUT2D eigenvalue weighted by molar-refractivity contribution is 7.89. The van der Waals surface area contributed by atoms with Crippen molar-refractivity contribution in [2.45, 2.75) is 32.1 Å². The quantitative estimate of drug-likeness (QED) is 0.598. The zero-order valence-electron chi connectivity index (χ0n) is 16.4. The molecule has 152 valence electrons. The Kier molecular flexibility index (Phi) is 6.41. The highest BCUT2D eigenvalue weighted by Crippen LogP contribution is 2.31. The first-order valence-electron chi connectivity index (χ1n) is 9.02. The van der Waals surface area contributed by atoms with Crippen LogP contribution >= 0.6 is 11.3 Å². The first-order chi connectivity index (χ1) is 13.8. The third-order valence-corrected chi connectivity index (χ3v) is 6.93. The molecule has 29 heavy (non-hydrogen) atoms. The summed E-state index contributed by atoms with van der Waals surface area (Å²) in [6, 6.07) is 10.6. The molecule has 2 N–H and O–H groups in total. The van der Waals surface area contributed by atoms with Gasteiger partial charge in [-0.3, -0.25) is 9.78 Å². The summed E-state index contributed by atoms with van der Waals surface area (Å²) in [6.45, 7) is 5.63. The Morgan fingerprint density at radius 2 is 1.90 bits per heavy atom. The van der Waals surface area contributed by atoms with E-state index in [1.165, 1.54) is 11.3 Å². The first kappa shape index (κ1) is 21.1. The molecule has 7 nitrogen and oxygen atoms in total. The summed E-state index contributed by atoms with van der Waals surface area (Å²) in [5.41, 5.74) is 3.49. The number of anilines is 1. The monoisotopic (exact) mass is 430 g/mol. The number of rotatable bonds is 7. The van der Waals surface area contributed by atoms with E-state index in [4.69, 9.17) is 0 Å². The van der Waals surface area contributed by atoms with E-state index >= 15 is 0 Å². The first-order valence-corrected chi connectivity index (χ1v) is 11.3. The molecule has 0 aliphatic carbocycles. The molecule has 1 amide bonds. The Labute approximate surface area is 174 Å². The van der Waals surface area contributed by atoms with E-state index in [-0.39, 0.29) is 23.8 Å². The number of carbonyl (C=O) groups excluding carboxylic acids is 1. The lowest BCUT2D eigenvalue weighted by atomic mass is 10.1. The van der Waals surface area contributed by atoms with Crippen molar-refractivity contribution in [3.63, 3.8) is 0 Å². The average Bonchev–Trinajstić information content (AvgIpc) is 3.04. The van der Waals surface area contributed by atoms with Crippen molar-refractivity contribution in [3.05, 3.63) is 59.4 Å². The van der Waals surface area contributed by atoms with Crippen molar-refractivity contribution >= 4 is 32.4 Å². The standard InChI is InChI=1S/C20H22N4O3S2/c1-13-7-8-16(12-14(13)2)29(26,27)22-11-9-18(25)24-20-23-15(3)19(28-20)17-6-4-5-10-21-17/h4-8,10,12,22H,9,11H2,1-3H3,(H,23,24,25). The van der Waals surface area contributed by atoms with Gasteiger partial charge < -0.3 is 5.32 Å². The number of nitrogens with zero attached hydrogens (tertiary/aromatic N) is 2. The lowest BCUT2D eigenvalue weighted by Gasteiger charge is -2.08. The van der Waals surface area contributed by atoms with Gasteiger partial charge in [0.05, 0.1) is 21.2 Å². The summed E-state index contributed by atoms with van der Waals surface area (Å²) in [7, 11) is -3.66. The Balaban J connectivity index is 1.57. The number of sulfonamides is 1. The molecule has 1 aromatic carbocycles. The number of nitrogens with one attached hydrogen (secondary N) is 2. The lowest BCUT2D eigenvalue weighted by molar-refractivity contribution is -0.116. The summed E-state index contributed by atoms with van der Waals surface area (Å²) in [4.78, 5) is 21.9. The molecule has 9 heteroatoms. The van der Waals surface area contributed by atoms with Crippen LogP contribution in [0, 0.1) is 20.8 Å². The van der Waals surface area contributed by atoms with E-state index in [1.807, 2.05) is 39.0 Å². The molecule has 0 aliphatic rings. The van der Waals surface area contributed by atoms with Crippen LogP contribution in [0.5, 0.6) is 0 Å². The van der Waals surface area contributed by atoms with Crippen LogP contribution in [-0.2, 0) is 14.8 Å². The van der Waals surface area contributed by atoms with Gasteiger partial charge in [-0.2, -0.15) is 0 Å². The Bertz CT molecular complexity index is 1130. The summed E-state index contributed by atoms with van der Waals surface area (Å²) >= 11 is 1.34. The zero-order valence-corrected chi connectivity index (χ0v) is 18.0. The van der Waals surface area contributed by atoms with Gasteiger partial charge in [0.25, 0.3) is 0 Å². The maximum absolute atomic E-state index is 12.4. The Morgan fingerprint density at radius 1 is 1.10 bits per heavy atom. The van der Waals surface area contributed by atoms with Gasteiger partial charge in [0.2, 0.25) is 15.9 Å². The third kappa shape index (κ3) is 5.26. The molecule has 2 heterocycles. The molecule has 0 saturated heterocycles. The number of carbonyl (C=O) groups is 1. The maximum Gasteiger partial charge on any atom is 0.240 e. The lowest BCUT2D eigenvalue weighted by Crippen LogP contribution is -2.28. The number of thiazole rings is 1. The highest BCUT2D eigenvalue weighted by atomic mass is 32.2. The molecule has 0 atom stereocenters. The molecule has 0 aliphatic heterocycles. The minimum atomic E-state index is -3.66. The topological polar surface area (TPSA) is 101 Å². The fourth-order valence-corrected chi connectivity index (χ4v) is 4.71. The number of hydrogen-bond acceptors (Lipinski definition) is 6. The van der Waals surface area contributed by atoms with Crippen LogP contribution < -0.4 is 10.0 Å². The molecule has 0 bridgehead atoms. The normalized spacial score (nSPS) is 11.4. The van der Waals surface area contributed by atoms with Crippen molar-refractivity contribution in [1.29, 1.82) is 0 Å². The SMILES string of the molecule is Cc1ccc(S(=O)(=O)NCCC(=O)Nc2nc(C)c(-c3ccccn3)s2)cc1C. The molecule has 0 spiro atoms. The predicted molar refractivity (Wildman–Crippen MR) is 114 cm³/mol. The van der Waals surface area contributed by atoms with E-state index in [0.29, 0.717) is 5.13 Å². The molecule has 2 aromatic heterocycles. The predicted octanol–water partition coefficient (Wildman–Crippen LogP) is 3.44. The van der Waals surface area contributed by atoms with Crippen molar-refractivity contribution in [2.75, 3.05) is 11.9 Å². The van der Waals surface area contributed by atoms with Gasteiger partial charge in [-0.05, 0) is 56.2 Å². The molecule has 3 rings (SSSR count). The van der Waals surface area contributed by atoms with Gasteiger partial charge in [0, 0.05) is 19.2 Å². The minimum Gasteiger partial charge on any atom is -0.302 e. The average molecular weight is 431 g/mol. The summed E-state index contributed by atoms with van der Waals surface area (Å²) < 4.78 is 27.2. The maximum atomic E-state index is 12.4. The van der Waals surface area contributed by atoms with E-state index < -0.39 is 10.0 Å². The van der Waals surface area contributed by atoms with Crippen LogP contribution in [-0.4, -0.2) is 30.8 Å². The second-order valence-corrected chi connectivity index (χ2v) is 9.36. The van der Waals surface area contributed by atoms with E-state index in [9.17, 15) is 13.2 Å². The van der Waals surface area contributed by atoms with Crippen LogP contribution in [0.3, 0.4) is 0 Å². The van der Waals surface area contributed by atoms with Crippen molar-refractivity contribution in [2.24, 2.45) is 0 Å². The van der Waals surface area contributed by atoms with E-state index in [1.54, 1.807) is 24.4 Å². The fraction of sp³-hybridized carbons (Fsp3) is 0.250. The second-order valence-electron chi connectivity index (χ2n) is 6.59. The second kappa shape index (κ2) is 8.81. The van der Waals surface area contributed by atoms with Crippen LogP contribution in [0.1, 0.15) is 23.2 Å². The Hall–Kier alpha value is -2.62. The largest absolute Gasteiger partial charge is 0.302 e. The van der Waals surface area contributed by atoms with Gasteiger partial charge in [0.15, 0.2) is 5.13 Å². The van der Waals surface area contributed by atoms with Gasteiger partial charge in [-0.25, -0.2) is 18.1 Å².